The van der Waals surface area contributed by atoms with E-state index in [1.807, 2.05) is 4.90 Å². The number of anilines is 1. The summed E-state index contributed by atoms with van der Waals surface area (Å²) in [7, 11) is 0. The maximum atomic E-state index is 13.3. The van der Waals surface area contributed by atoms with Gasteiger partial charge in [-0.3, -0.25) is 9.69 Å². The number of rotatable bonds is 3. The van der Waals surface area contributed by atoms with E-state index < -0.39 is 5.82 Å². The molecule has 0 saturated carbocycles. The van der Waals surface area contributed by atoms with Gasteiger partial charge in [0.05, 0.1) is 12.2 Å². The van der Waals surface area contributed by atoms with E-state index in [1.165, 1.54) is 6.07 Å². The Bertz CT molecular complexity index is 400. The lowest BCUT2D eigenvalue weighted by Gasteiger charge is -2.26. The summed E-state index contributed by atoms with van der Waals surface area (Å²) in [6.07, 6.45) is 0. The van der Waals surface area contributed by atoms with Gasteiger partial charge in [0.25, 0.3) is 0 Å². The van der Waals surface area contributed by atoms with Crippen LogP contribution in [0.2, 0.25) is 0 Å². The van der Waals surface area contributed by atoms with E-state index in [2.05, 4.69) is 10.6 Å². The van der Waals surface area contributed by atoms with Crippen LogP contribution >= 0.6 is 24.8 Å². The molecule has 0 radical (unpaired) electrons. The minimum Gasteiger partial charge on any atom is -0.322 e. The van der Waals surface area contributed by atoms with Crippen LogP contribution in [-0.4, -0.2) is 43.5 Å². The predicted molar refractivity (Wildman–Crippen MR) is 78.8 cm³/mol. The molecule has 1 aromatic carbocycles. The average molecular weight is 310 g/mol. The van der Waals surface area contributed by atoms with Gasteiger partial charge in [0.2, 0.25) is 5.91 Å². The highest BCUT2D eigenvalue weighted by atomic mass is 35.5. The molecule has 0 aromatic heterocycles. The van der Waals surface area contributed by atoms with Crippen LogP contribution in [0.15, 0.2) is 24.3 Å². The molecule has 1 aromatic rings. The number of benzene rings is 1. The lowest BCUT2D eigenvalue weighted by Crippen LogP contribution is -2.46. The molecule has 0 spiro atoms. The van der Waals surface area contributed by atoms with Gasteiger partial charge in [-0.25, -0.2) is 4.39 Å². The van der Waals surface area contributed by atoms with Gasteiger partial charge in [-0.1, -0.05) is 12.1 Å². The van der Waals surface area contributed by atoms with Gasteiger partial charge in [0.1, 0.15) is 5.82 Å². The minimum absolute atomic E-state index is 0. The normalized spacial score (nSPS) is 15.0. The lowest BCUT2D eigenvalue weighted by atomic mass is 10.3. The second-order valence-corrected chi connectivity index (χ2v) is 4.05. The fourth-order valence-electron chi connectivity index (χ4n) is 1.82. The Balaban J connectivity index is 0.00000162. The first-order valence-electron chi connectivity index (χ1n) is 5.73. The average Bonchev–Trinajstić information content (AvgIpc) is 2.33. The molecule has 0 bridgehead atoms. The minimum atomic E-state index is -0.402. The third-order valence-electron chi connectivity index (χ3n) is 2.72. The Hall–Kier alpha value is -0.880. The molecule has 1 aliphatic heterocycles. The Morgan fingerprint density at radius 1 is 1.26 bits per heavy atom. The van der Waals surface area contributed by atoms with E-state index in [0.29, 0.717) is 6.54 Å². The number of para-hydroxylation sites is 1. The zero-order valence-electron chi connectivity index (χ0n) is 10.4. The molecule has 1 heterocycles. The Morgan fingerprint density at radius 3 is 2.53 bits per heavy atom. The van der Waals surface area contributed by atoms with Gasteiger partial charge >= 0.3 is 0 Å². The number of nitrogens with one attached hydrogen (secondary N) is 2. The van der Waals surface area contributed by atoms with Gasteiger partial charge in [0.15, 0.2) is 0 Å². The van der Waals surface area contributed by atoms with Crippen LogP contribution in [0.25, 0.3) is 0 Å². The molecule has 2 rings (SSSR count). The molecule has 7 heteroatoms. The van der Waals surface area contributed by atoms with Crippen LogP contribution in [0.3, 0.4) is 0 Å². The monoisotopic (exact) mass is 309 g/mol. The third-order valence-corrected chi connectivity index (χ3v) is 2.72. The molecular formula is C12H18Cl2FN3O. The Morgan fingerprint density at radius 2 is 1.89 bits per heavy atom. The van der Waals surface area contributed by atoms with Crippen molar-refractivity contribution in [1.29, 1.82) is 0 Å². The van der Waals surface area contributed by atoms with Crippen LogP contribution in [0.4, 0.5) is 10.1 Å². The fourth-order valence-corrected chi connectivity index (χ4v) is 1.82. The van der Waals surface area contributed by atoms with Crippen molar-refractivity contribution in [2.45, 2.75) is 0 Å². The van der Waals surface area contributed by atoms with Crippen LogP contribution in [0.1, 0.15) is 0 Å². The van der Waals surface area contributed by atoms with Crippen LogP contribution in [0, 0.1) is 5.82 Å². The summed E-state index contributed by atoms with van der Waals surface area (Å²) in [5.41, 5.74) is 0.243. The van der Waals surface area contributed by atoms with Crippen molar-refractivity contribution in [3.63, 3.8) is 0 Å². The number of halogens is 3. The van der Waals surface area contributed by atoms with E-state index >= 15 is 0 Å². The fraction of sp³-hybridized carbons (Fsp3) is 0.417. The van der Waals surface area contributed by atoms with Gasteiger partial charge in [-0.05, 0) is 12.1 Å². The number of piperazine rings is 1. The molecule has 19 heavy (non-hydrogen) atoms. The quantitative estimate of drug-likeness (QED) is 0.889. The highest BCUT2D eigenvalue weighted by Crippen LogP contribution is 2.12. The van der Waals surface area contributed by atoms with E-state index in [-0.39, 0.29) is 36.4 Å². The first-order valence-corrected chi connectivity index (χ1v) is 5.73. The van der Waals surface area contributed by atoms with E-state index in [9.17, 15) is 9.18 Å². The van der Waals surface area contributed by atoms with Crippen molar-refractivity contribution < 1.29 is 9.18 Å². The first-order chi connectivity index (χ1) is 8.25. The number of hydrogen-bond acceptors (Lipinski definition) is 3. The smallest absolute Gasteiger partial charge is 0.238 e. The molecule has 1 fully saturated rings. The van der Waals surface area contributed by atoms with Gasteiger partial charge in [-0.2, -0.15) is 0 Å². The van der Waals surface area contributed by atoms with Crippen LogP contribution in [0.5, 0.6) is 0 Å². The number of nitrogens with zero attached hydrogens (tertiary/aromatic N) is 1. The summed E-state index contributed by atoms with van der Waals surface area (Å²) < 4.78 is 13.3. The lowest BCUT2D eigenvalue weighted by molar-refractivity contribution is -0.117. The summed E-state index contributed by atoms with van der Waals surface area (Å²) in [6, 6.07) is 6.19. The van der Waals surface area contributed by atoms with Crippen molar-refractivity contribution >= 4 is 36.4 Å². The third kappa shape index (κ3) is 5.74. The highest BCUT2D eigenvalue weighted by molar-refractivity contribution is 5.92. The summed E-state index contributed by atoms with van der Waals surface area (Å²) in [5.74, 6) is -0.571. The molecule has 0 unspecified atom stereocenters. The Kier molecular flexibility index (Phi) is 8.67. The van der Waals surface area contributed by atoms with Crippen LogP contribution < -0.4 is 10.6 Å². The number of carbonyl (C=O) groups excluding carboxylic acids is 1. The summed E-state index contributed by atoms with van der Waals surface area (Å²) in [4.78, 5) is 13.7. The van der Waals surface area contributed by atoms with Crippen molar-refractivity contribution in [1.82, 2.24) is 10.2 Å². The SMILES string of the molecule is Cl.Cl.O=C(CN1CCNCC1)Nc1ccccc1F. The Labute approximate surface area is 124 Å². The maximum absolute atomic E-state index is 13.3. The van der Waals surface area contributed by atoms with Crippen LogP contribution in [-0.2, 0) is 4.79 Å². The number of carbonyl (C=O) groups is 1. The van der Waals surface area contributed by atoms with E-state index in [0.717, 1.165) is 26.2 Å². The molecule has 2 N–H and O–H groups in total. The summed E-state index contributed by atoms with van der Waals surface area (Å²) in [6.45, 7) is 3.81. The highest BCUT2D eigenvalue weighted by Gasteiger charge is 2.14. The van der Waals surface area contributed by atoms with Crippen molar-refractivity contribution in [3.8, 4) is 0 Å². The summed E-state index contributed by atoms with van der Waals surface area (Å²) >= 11 is 0. The van der Waals surface area contributed by atoms with E-state index in [4.69, 9.17) is 0 Å². The molecule has 0 aliphatic carbocycles. The standard InChI is InChI=1S/C12H16FN3O.2ClH/c13-10-3-1-2-4-11(10)15-12(17)9-16-7-5-14-6-8-16;;/h1-4,14H,5-9H2,(H,15,17);2*1H. The first kappa shape index (κ1) is 18.1. The van der Waals surface area contributed by atoms with Crippen molar-refractivity contribution in [2.75, 3.05) is 38.0 Å². The van der Waals surface area contributed by atoms with E-state index in [1.54, 1.807) is 18.2 Å². The van der Waals surface area contributed by atoms with Gasteiger partial charge in [0, 0.05) is 26.2 Å². The topological polar surface area (TPSA) is 44.4 Å². The zero-order chi connectivity index (χ0) is 12.1. The molecule has 1 aliphatic rings. The second kappa shape index (κ2) is 9.09. The molecule has 1 amide bonds. The zero-order valence-corrected chi connectivity index (χ0v) is 12.0. The molecule has 1 saturated heterocycles. The molecule has 4 nitrogen and oxygen atoms in total. The van der Waals surface area contributed by atoms with Crippen molar-refractivity contribution in [2.24, 2.45) is 0 Å². The number of hydrogen-bond donors (Lipinski definition) is 2. The summed E-state index contributed by atoms with van der Waals surface area (Å²) in [5, 5.41) is 5.79. The van der Waals surface area contributed by atoms with Crippen molar-refractivity contribution in [3.05, 3.63) is 30.1 Å². The van der Waals surface area contributed by atoms with Gasteiger partial charge < -0.3 is 10.6 Å². The largest absolute Gasteiger partial charge is 0.322 e. The second-order valence-electron chi connectivity index (χ2n) is 4.05. The molecule has 0 atom stereocenters. The molecule has 108 valence electrons. The molecular weight excluding hydrogens is 292 g/mol. The number of amides is 1. The van der Waals surface area contributed by atoms with Gasteiger partial charge in [-0.15, -0.1) is 24.8 Å². The predicted octanol–water partition coefficient (Wildman–Crippen LogP) is 1.51. The maximum Gasteiger partial charge on any atom is 0.238 e.